The van der Waals surface area contributed by atoms with Crippen LogP contribution in [0.25, 0.3) is 0 Å². The maximum absolute atomic E-state index is 14.6. The van der Waals surface area contributed by atoms with Gasteiger partial charge in [0.2, 0.25) is 5.91 Å². The second-order valence-electron chi connectivity index (χ2n) is 7.45. The Labute approximate surface area is 178 Å². The number of ether oxygens (including phenoxy) is 2. The number of aromatic nitrogens is 1. The summed E-state index contributed by atoms with van der Waals surface area (Å²) in [7, 11) is 1.40. The minimum Gasteiger partial charge on any atom is -0.495 e. The summed E-state index contributed by atoms with van der Waals surface area (Å²) in [6, 6.07) is 5.89. The molecule has 0 spiro atoms. The van der Waals surface area contributed by atoms with E-state index >= 15 is 0 Å². The lowest BCUT2D eigenvalue weighted by atomic mass is 9.92. The number of hydrogen-bond acceptors (Lipinski definition) is 5. The molecule has 1 aromatic carbocycles. The molecule has 2 aromatic rings. The Morgan fingerprint density at radius 3 is 2.67 bits per heavy atom. The fraction of sp³-hybridized carbons (Fsp3) is 0.381. The van der Waals surface area contributed by atoms with Crippen molar-refractivity contribution in [3.63, 3.8) is 0 Å². The molecule has 0 saturated carbocycles. The van der Waals surface area contributed by atoms with Gasteiger partial charge in [0.1, 0.15) is 18.3 Å². The Balaban J connectivity index is 1.65. The molecule has 2 aliphatic rings. The Morgan fingerprint density at radius 1 is 1.30 bits per heavy atom. The van der Waals surface area contributed by atoms with Crippen molar-refractivity contribution in [3.05, 3.63) is 52.4 Å². The van der Waals surface area contributed by atoms with Crippen LogP contribution in [0.3, 0.4) is 0 Å². The van der Waals surface area contributed by atoms with Gasteiger partial charge in [-0.2, -0.15) is 0 Å². The van der Waals surface area contributed by atoms with E-state index in [0.29, 0.717) is 18.2 Å². The van der Waals surface area contributed by atoms with Gasteiger partial charge < -0.3 is 14.4 Å². The highest BCUT2D eigenvalue weighted by molar-refractivity contribution is 6.31. The van der Waals surface area contributed by atoms with Crippen LogP contribution in [0.4, 0.5) is 10.2 Å². The zero-order valence-electron chi connectivity index (χ0n) is 16.6. The van der Waals surface area contributed by atoms with E-state index in [1.807, 2.05) is 19.1 Å². The highest BCUT2D eigenvalue weighted by Crippen LogP contribution is 2.31. The predicted molar refractivity (Wildman–Crippen MR) is 108 cm³/mol. The minimum absolute atomic E-state index is 0.154. The molecular weight excluding hydrogens is 413 g/mol. The Morgan fingerprint density at radius 2 is 2.07 bits per heavy atom. The summed E-state index contributed by atoms with van der Waals surface area (Å²) in [5.74, 6) is -1.47. The third-order valence-electron chi connectivity index (χ3n) is 5.44. The molecular formula is C21H21ClFN3O4. The minimum atomic E-state index is -0.751. The van der Waals surface area contributed by atoms with Crippen molar-refractivity contribution in [1.82, 2.24) is 9.88 Å². The Hall–Kier alpha value is -2.71. The van der Waals surface area contributed by atoms with Crippen LogP contribution >= 0.6 is 11.6 Å². The molecule has 0 bridgehead atoms. The van der Waals surface area contributed by atoms with Gasteiger partial charge in [-0.15, -0.1) is 0 Å². The van der Waals surface area contributed by atoms with E-state index in [1.165, 1.54) is 13.3 Å². The number of halogens is 2. The SMILES string of the molecule is COc1cnc(N2CC(=O)N(Cc3ccc(Cl)c(C)c3)[C@@H](C3COC3)C2=O)c(F)c1. The smallest absolute Gasteiger partial charge is 0.251 e. The predicted octanol–water partition coefficient (Wildman–Crippen LogP) is 2.58. The van der Waals surface area contributed by atoms with Crippen molar-refractivity contribution in [3.8, 4) is 5.75 Å². The average Bonchev–Trinajstić information content (AvgIpc) is 2.68. The molecule has 2 aliphatic heterocycles. The quantitative estimate of drug-likeness (QED) is 0.724. The fourth-order valence-electron chi connectivity index (χ4n) is 3.74. The van der Waals surface area contributed by atoms with Crippen molar-refractivity contribution in [1.29, 1.82) is 0 Å². The van der Waals surface area contributed by atoms with Crippen molar-refractivity contribution in [2.45, 2.75) is 19.5 Å². The van der Waals surface area contributed by atoms with E-state index in [-0.39, 0.29) is 42.4 Å². The first-order valence-corrected chi connectivity index (χ1v) is 9.90. The summed E-state index contributed by atoms with van der Waals surface area (Å²) >= 11 is 6.10. The van der Waals surface area contributed by atoms with Crippen molar-refractivity contribution < 1.29 is 23.5 Å². The molecule has 1 atom stereocenters. The van der Waals surface area contributed by atoms with Crippen LogP contribution in [-0.2, 0) is 20.9 Å². The lowest BCUT2D eigenvalue weighted by molar-refractivity contribution is -0.155. The summed E-state index contributed by atoms with van der Waals surface area (Å²) in [5, 5.41) is 0.635. The molecule has 0 N–H and O–H groups in total. The molecule has 0 unspecified atom stereocenters. The standard InChI is InChI=1S/C21H21ClFN3O4/c1-12-5-13(3-4-16(12)22)8-25-18(27)9-26(21(28)19(25)14-10-30-11-14)20-17(23)6-15(29-2)7-24-20/h3-7,14,19H,8-11H2,1-2H3/t19-/m0/s1. The molecule has 3 heterocycles. The number of rotatable bonds is 5. The third kappa shape index (κ3) is 3.73. The number of piperazine rings is 1. The fourth-order valence-corrected chi connectivity index (χ4v) is 3.85. The number of methoxy groups -OCH3 is 1. The first kappa shape index (κ1) is 20.6. The lowest BCUT2D eigenvalue weighted by Gasteiger charge is -2.45. The maximum Gasteiger partial charge on any atom is 0.251 e. The summed E-state index contributed by atoms with van der Waals surface area (Å²) < 4.78 is 24.8. The second kappa shape index (κ2) is 8.20. The highest BCUT2D eigenvalue weighted by atomic mass is 35.5. The van der Waals surface area contributed by atoms with Crippen LogP contribution in [0.5, 0.6) is 5.75 Å². The molecule has 30 heavy (non-hydrogen) atoms. The van der Waals surface area contributed by atoms with Crippen LogP contribution in [0.1, 0.15) is 11.1 Å². The molecule has 0 aliphatic carbocycles. The number of nitrogens with zero attached hydrogens (tertiary/aromatic N) is 3. The molecule has 4 rings (SSSR count). The van der Waals surface area contributed by atoms with Crippen molar-refractivity contribution >= 4 is 29.2 Å². The van der Waals surface area contributed by atoms with Crippen LogP contribution in [0.15, 0.2) is 30.5 Å². The molecule has 9 heteroatoms. The monoisotopic (exact) mass is 433 g/mol. The normalized spacial score (nSPS) is 19.8. The summed E-state index contributed by atoms with van der Waals surface area (Å²) in [6.07, 6.45) is 1.32. The molecule has 7 nitrogen and oxygen atoms in total. The number of hydrogen-bond donors (Lipinski definition) is 0. The van der Waals surface area contributed by atoms with E-state index in [2.05, 4.69) is 4.98 Å². The number of aryl methyl sites for hydroxylation is 1. The van der Waals surface area contributed by atoms with Gasteiger partial charge in [0.05, 0.1) is 26.5 Å². The van der Waals surface area contributed by atoms with E-state index in [4.69, 9.17) is 21.1 Å². The van der Waals surface area contributed by atoms with Gasteiger partial charge in [0, 0.05) is 23.6 Å². The van der Waals surface area contributed by atoms with E-state index in [9.17, 15) is 14.0 Å². The summed E-state index contributed by atoms with van der Waals surface area (Å²) in [6.45, 7) is 2.59. The van der Waals surface area contributed by atoms with E-state index < -0.39 is 11.9 Å². The number of amides is 2. The van der Waals surface area contributed by atoms with Crippen LogP contribution in [-0.4, -0.2) is 54.6 Å². The maximum atomic E-state index is 14.6. The highest BCUT2D eigenvalue weighted by Gasteiger charge is 2.47. The van der Waals surface area contributed by atoms with Gasteiger partial charge >= 0.3 is 0 Å². The van der Waals surface area contributed by atoms with Gasteiger partial charge in [-0.1, -0.05) is 23.7 Å². The van der Waals surface area contributed by atoms with Crippen molar-refractivity contribution in [2.75, 3.05) is 31.8 Å². The Kier molecular flexibility index (Phi) is 5.62. The molecule has 2 saturated heterocycles. The van der Waals surface area contributed by atoms with Gasteiger partial charge in [-0.3, -0.25) is 14.5 Å². The van der Waals surface area contributed by atoms with Gasteiger partial charge in [0.25, 0.3) is 5.91 Å². The number of pyridine rings is 1. The van der Waals surface area contributed by atoms with Crippen LogP contribution in [0, 0.1) is 18.7 Å². The van der Waals surface area contributed by atoms with Crippen LogP contribution in [0.2, 0.25) is 5.02 Å². The van der Waals surface area contributed by atoms with E-state index in [0.717, 1.165) is 22.1 Å². The summed E-state index contributed by atoms with van der Waals surface area (Å²) in [5.41, 5.74) is 1.75. The molecule has 2 fully saturated rings. The largest absolute Gasteiger partial charge is 0.495 e. The first-order valence-electron chi connectivity index (χ1n) is 9.52. The number of carbonyl (C=O) groups excluding carboxylic acids is 2. The zero-order chi connectivity index (χ0) is 21.4. The summed E-state index contributed by atoms with van der Waals surface area (Å²) in [4.78, 5) is 33.1. The Bertz CT molecular complexity index is 998. The van der Waals surface area contributed by atoms with Gasteiger partial charge in [-0.05, 0) is 24.1 Å². The number of benzene rings is 1. The van der Waals surface area contributed by atoms with Crippen LogP contribution < -0.4 is 9.64 Å². The number of carbonyl (C=O) groups is 2. The molecule has 2 amide bonds. The topological polar surface area (TPSA) is 72.0 Å². The average molecular weight is 434 g/mol. The molecule has 158 valence electrons. The molecule has 0 radical (unpaired) electrons. The first-order chi connectivity index (χ1) is 14.4. The van der Waals surface area contributed by atoms with Crippen molar-refractivity contribution in [2.24, 2.45) is 5.92 Å². The van der Waals surface area contributed by atoms with Gasteiger partial charge in [-0.25, -0.2) is 9.37 Å². The molecule has 1 aromatic heterocycles. The lowest BCUT2D eigenvalue weighted by Crippen LogP contribution is -2.65. The third-order valence-corrected chi connectivity index (χ3v) is 5.87. The second-order valence-corrected chi connectivity index (χ2v) is 7.86. The van der Waals surface area contributed by atoms with E-state index in [1.54, 1.807) is 11.0 Å². The van der Waals surface area contributed by atoms with Gasteiger partial charge in [0.15, 0.2) is 11.6 Å². The zero-order valence-corrected chi connectivity index (χ0v) is 17.4. The number of anilines is 1.